The second kappa shape index (κ2) is 5.72. The molecular weight excluding hydrogens is 252 g/mol. The van der Waals surface area contributed by atoms with E-state index in [4.69, 9.17) is 4.43 Å². The highest BCUT2D eigenvalue weighted by atomic mass is 28.4. The smallest absolute Gasteiger partial charge is 0.190 e. The zero-order chi connectivity index (χ0) is 14.0. The Morgan fingerprint density at radius 3 is 1.83 bits per heavy atom. The van der Waals surface area contributed by atoms with Gasteiger partial charge >= 0.3 is 0 Å². The van der Waals surface area contributed by atoms with Gasteiger partial charge in [-0.3, -0.25) is 0 Å². The Hall–Kier alpha value is -0.386. The van der Waals surface area contributed by atoms with E-state index in [1.165, 1.54) is 22.7 Å². The van der Waals surface area contributed by atoms with Crippen molar-refractivity contribution in [2.24, 2.45) is 0 Å². The Bertz CT molecular complexity index is 405. The molecule has 3 heteroatoms. The summed E-state index contributed by atoms with van der Waals surface area (Å²) in [6.45, 7) is 14.1. The molecule has 0 spiro atoms. The third-order valence-corrected chi connectivity index (χ3v) is 6.95. The summed E-state index contributed by atoms with van der Waals surface area (Å²) >= 11 is 0. The molecule has 0 fully saturated rings. The molecule has 0 N–H and O–H groups in total. The highest BCUT2D eigenvalue weighted by molar-refractivity contribution is 6.75. The molecule has 0 heterocycles. The van der Waals surface area contributed by atoms with Gasteiger partial charge in [-0.05, 0) is 37.7 Å². The molecule has 1 aromatic carbocycles. The number of hydrogen-bond acceptors (Lipinski definition) is 1. The lowest BCUT2D eigenvalue weighted by molar-refractivity contribution is 0.403. The molecule has 0 aromatic heterocycles. The lowest BCUT2D eigenvalue weighted by Gasteiger charge is -2.22. The van der Waals surface area contributed by atoms with Crippen LogP contribution in [0.2, 0.25) is 32.7 Å². The SMILES string of the molecule is CO[Si](C)(C)Cc1cc(C)cc(C[Si](C)(C)C)c1. The third kappa shape index (κ3) is 5.50. The van der Waals surface area contributed by atoms with Gasteiger partial charge in [0.05, 0.1) is 0 Å². The molecule has 0 aliphatic rings. The summed E-state index contributed by atoms with van der Waals surface area (Å²) in [5, 5.41) is 0. The average Bonchev–Trinajstić information content (AvgIpc) is 2.12. The quantitative estimate of drug-likeness (QED) is 0.729. The summed E-state index contributed by atoms with van der Waals surface area (Å²) in [4.78, 5) is 0. The third-order valence-electron chi connectivity index (χ3n) is 3.11. The van der Waals surface area contributed by atoms with Crippen LogP contribution in [-0.2, 0) is 16.5 Å². The zero-order valence-corrected chi connectivity index (χ0v) is 15.1. The lowest BCUT2D eigenvalue weighted by Crippen LogP contribution is -2.32. The van der Waals surface area contributed by atoms with Gasteiger partial charge < -0.3 is 4.43 Å². The van der Waals surface area contributed by atoms with Gasteiger partial charge in [0.2, 0.25) is 0 Å². The molecule has 102 valence electrons. The molecule has 0 saturated heterocycles. The van der Waals surface area contributed by atoms with Crippen LogP contribution >= 0.6 is 0 Å². The number of benzene rings is 1. The highest BCUT2D eigenvalue weighted by Crippen LogP contribution is 2.19. The summed E-state index contributed by atoms with van der Waals surface area (Å²) in [6.07, 6.45) is 0. The van der Waals surface area contributed by atoms with Crippen molar-refractivity contribution in [1.29, 1.82) is 0 Å². The molecule has 0 bridgehead atoms. The molecule has 0 saturated carbocycles. The van der Waals surface area contributed by atoms with E-state index in [-0.39, 0.29) is 0 Å². The van der Waals surface area contributed by atoms with Crippen LogP contribution in [0.3, 0.4) is 0 Å². The fourth-order valence-electron chi connectivity index (χ4n) is 2.33. The summed E-state index contributed by atoms with van der Waals surface area (Å²) < 4.78 is 5.67. The summed E-state index contributed by atoms with van der Waals surface area (Å²) in [6, 6.07) is 9.46. The first-order valence-corrected chi connectivity index (χ1v) is 13.6. The van der Waals surface area contributed by atoms with Crippen LogP contribution in [-0.4, -0.2) is 23.5 Å². The van der Waals surface area contributed by atoms with Crippen molar-refractivity contribution in [2.75, 3.05) is 7.11 Å². The van der Waals surface area contributed by atoms with E-state index in [1.54, 1.807) is 0 Å². The van der Waals surface area contributed by atoms with Gasteiger partial charge in [0.15, 0.2) is 8.32 Å². The second-order valence-electron chi connectivity index (χ2n) is 7.20. The predicted octanol–water partition coefficient (Wildman–Crippen LogP) is 4.35. The summed E-state index contributed by atoms with van der Waals surface area (Å²) in [5.41, 5.74) is 4.37. The monoisotopic (exact) mass is 280 g/mol. The van der Waals surface area contributed by atoms with E-state index in [0.717, 1.165) is 6.04 Å². The molecule has 1 aromatic rings. The van der Waals surface area contributed by atoms with E-state index < -0.39 is 16.4 Å². The first kappa shape index (κ1) is 15.7. The minimum Gasteiger partial charge on any atom is -0.420 e. The molecule has 1 nitrogen and oxygen atoms in total. The lowest BCUT2D eigenvalue weighted by atomic mass is 10.1. The van der Waals surface area contributed by atoms with Crippen molar-refractivity contribution in [3.8, 4) is 0 Å². The summed E-state index contributed by atoms with van der Waals surface area (Å²) in [7, 11) is -0.690. The van der Waals surface area contributed by atoms with Gasteiger partial charge in [-0.1, -0.05) is 49.0 Å². The number of rotatable bonds is 5. The van der Waals surface area contributed by atoms with Crippen molar-refractivity contribution < 1.29 is 4.43 Å². The van der Waals surface area contributed by atoms with E-state index >= 15 is 0 Å². The van der Waals surface area contributed by atoms with Crippen LogP contribution in [0.25, 0.3) is 0 Å². The largest absolute Gasteiger partial charge is 0.420 e. The standard InChI is InChI=1S/C15H28OSi2/c1-13-8-14(11-17(3,4)5)10-15(9-13)12-18(6,7)16-2/h8-10H,11-12H2,1-7H3. The highest BCUT2D eigenvalue weighted by Gasteiger charge is 2.22. The van der Waals surface area contributed by atoms with Gasteiger partial charge in [0.1, 0.15) is 0 Å². The minimum atomic E-state index is -1.51. The van der Waals surface area contributed by atoms with E-state index in [1.807, 2.05) is 7.11 Å². The Morgan fingerprint density at radius 1 is 0.889 bits per heavy atom. The fourth-order valence-corrected chi connectivity index (χ4v) is 5.09. The fraction of sp³-hybridized carbons (Fsp3) is 0.600. The van der Waals surface area contributed by atoms with Gasteiger partial charge in [0, 0.05) is 15.2 Å². The van der Waals surface area contributed by atoms with Crippen LogP contribution in [0, 0.1) is 6.92 Å². The molecule has 18 heavy (non-hydrogen) atoms. The van der Waals surface area contributed by atoms with Crippen molar-refractivity contribution >= 4 is 16.4 Å². The van der Waals surface area contributed by atoms with Gasteiger partial charge in [0.25, 0.3) is 0 Å². The first-order valence-electron chi connectivity index (χ1n) is 6.76. The van der Waals surface area contributed by atoms with E-state index in [0.29, 0.717) is 0 Å². The van der Waals surface area contributed by atoms with Crippen LogP contribution in [0.15, 0.2) is 18.2 Å². The topological polar surface area (TPSA) is 9.23 Å². The maximum Gasteiger partial charge on any atom is 0.190 e. The van der Waals surface area contributed by atoms with Crippen LogP contribution in [0.5, 0.6) is 0 Å². The van der Waals surface area contributed by atoms with Crippen molar-refractivity contribution in [3.05, 3.63) is 34.9 Å². The Morgan fingerprint density at radius 2 is 1.39 bits per heavy atom. The average molecular weight is 281 g/mol. The van der Waals surface area contributed by atoms with E-state index in [2.05, 4.69) is 57.9 Å². The minimum absolute atomic E-state index is 1.03. The summed E-state index contributed by atoms with van der Waals surface area (Å²) in [5.74, 6) is 0. The van der Waals surface area contributed by atoms with Gasteiger partial charge in [-0.25, -0.2) is 0 Å². The first-order chi connectivity index (χ1) is 8.11. The second-order valence-corrected chi connectivity index (χ2v) is 17.0. The molecule has 0 unspecified atom stereocenters. The molecule has 0 radical (unpaired) electrons. The molecule has 0 aliphatic heterocycles. The molecule has 0 atom stereocenters. The Kier molecular flexibility index (Phi) is 4.98. The molecule has 0 aliphatic carbocycles. The zero-order valence-electron chi connectivity index (χ0n) is 13.1. The van der Waals surface area contributed by atoms with Crippen molar-refractivity contribution in [1.82, 2.24) is 0 Å². The van der Waals surface area contributed by atoms with Gasteiger partial charge in [-0.15, -0.1) is 0 Å². The number of aryl methyl sites for hydroxylation is 1. The Balaban J connectivity index is 2.94. The van der Waals surface area contributed by atoms with Crippen LogP contribution < -0.4 is 0 Å². The van der Waals surface area contributed by atoms with Crippen molar-refractivity contribution in [2.45, 2.75) is 51.7 Å². The Labute approximate surface area is 115 Å². The molecular formula is C15H28OSi2. The van der Waals surface area contributed by atoms with Crippen LogP contribution in [0.1, 0.15) is 16.7 Å². The predicted molar refractivity (Wildman–Crippen MR) is 86.4 cm³/mol. The normalized spacial score (nSPS) is 12.8. The number of hydrogen-bond donors (Lipinski definition) is 0. The molecule has 1 rings (SSSR count). The van der Waals surface area contributed by atoms with Crippen LogP contribution in [0.4, 0.5) is 0 Å². The maximum absolute atomic E-state index is 5.67. The molecule has 0 amide bonds. The maximum atomic E-state index is 5.67. The van der Waals surface area contributed by atoms with E-state index in [9.17, 15) is 0 Å². The van der Waals surface area contributed by atoms with Crippen molar-refractivity contribution in [3.63, 3.8) is 0 Å². The van der Waals surface area contributed by atoms with Gasteiger partial charge in [-0.2, -0.15) is 0 Å².